The minimum absolute atomic E-state index is 0.533. The quantitative estimate of drug-likeness (QED) is 0.304. The Bertz CT molecular complexity index is 602. The fraction of sp³-hybridized carbons (Fsp3) is 0.714. The first-order valence-corrected chi connectivity index (χ1v) is 20.0. The molecule has 0 aliphatic carbocycles. The van der Waals surface area contributed by atoms with Gasteiger partial charge in [-0.05, 0) is 12.8 Å². The Morgan fingerprint density at radius 1 is 0.829 bits per heavy atom. The fourth-order valence-corrected chi connectivity index (χ4v) is 4.62. The van der Waals surface area contributed by atoms with Gasteiger partial charge in [0.2, 0.25) is 0 Å². The van der Waals surface area contributed by atoms with Gasteiger partial charge < -0.3 is 20.1 Å². The van der Waals surface area contributed by atoms with Crippen LogP contribution in [-0.4, -0.2) is 25.3 Å². The normalized spacial score (nSPS) is 21.8. The van der Waals surface area contributed by atoms with E-state index in [9.17, 15) is 0 Å². The van der Waals surface area contributed by atoms with Gasteiger partial charge in [0.25, 0.3) is 0 Å². The van der Waals surface area contributed by atoms with E-state index in [4.69, 9.17) is 37.1 Å². The van der Waals surface area contributed by atoms with Gasteiger partial charge in [-0.2, -0.15) is 24.2 Å². The van der Waals surface area contributed by atoms with Crippen LogP contribution >= 0.6 is 17.0 Å². The summed E-state index contributed by atoms with van der Waals surface area (Å²) in [7, 11) is 9.87. The zero-order valence-electron chi connectivity index (χ0n) is 21.7. The van der Waals surface area contributed by atoms with Gasteiger partial charge in [-0.1, -0.05) is 101 Å². The molecule has 5 rings (SSSR count). The maximum atomic E-state index is 5.12. The standard InChI is InChI=1S/C20H30N2.2C4H7O.2ClH.Zr/c1-3-5-7-17-13-11-15-9-10-16-12-14-18(8-6-4-2)22-20(16)19(15)21-17;2*1-2-4-5-3-1;;;/h9-10,17-18H,3-8,11-14H2,1-2H3;2*3H,1-2,4H2;2*1H;/q-2;2*-1;;;+2/p-2. The van der Waals surface area contributed by atoms with Crippen LogP contribution in [0.3, 0.4) is 0 Å². The van der Waals surface area contributed by atoms with Crippen molar-refractivity contribution in [3.63, 3.8) is 0 Å². The summed E-state index contributed by atoms with van der Waals surface area (Å²) in [5.41, 5.74) is 5.38. The van der Waals surface area contributed by atoms with Gasteiger partial charge in [0, 0.05) is 13.2 Å². The SMILES string of the molecule is CCCCC1CCc2ccc3c(c2[N-]1)[N-]C(CCCC)CC3.[CH-]1CCCO1.[CH-]1CCCO1.[Cl][Zr][Cl]. The van der Waals surface area contributed by atoms with Crippen LogP contribution in [0.1, 0.15) is 102 Å². The van der Waals surface area contributed by atoms with E-state index in [-0.39, 0.29) is 0 Å². The van der Waals surface area contributed by atoms with Crippen LogP contribution in [0.5, 0.6) is 0 Å². The molecule has 4 nitrogen and oxygen atoms in total. The molecular formula is C28H44Cl2N2O2Zr-4. The Morgan fingerprint density at radius 3 is 1.54 bits per heavy atom. The van der Waals surface area contributed by atoms with E-state index >= 15 is 0 Å². The predicted molar refractivity (Wildman–Crippen MR) is 146 cm³/mol. The van der Waals surface area contributed by atoms with E-state index in [0.717, 1.165) is 26.1 Å². The number of aryl methyl sites for hydroxylation is 2. The van der Waals surface area contributed by atoms with Crippen molar-refractivity contribution in [3.05, 3.63) is 47.1 Å². The third-order valence-corrected chi connectivity index (χ3v) is 6.62. The van der Waals surface area contributed by atoms with E-state index in [0.29, 0.717) is 12.1 Å². The van der Waals surface area contributed by atoms with Crippen molar-refractivity contribution in [2.24, 2.45) is 0 Å². The first-order chi connectivity index (χ1) is 17.2. The van der Waals surface area contributed by atoms with E-state index in [1.165, 1.54) is 99.6 Å². The average molecular weight is 603 g/mol. The molecular weight excluding hydrogens is 558 g/mol. The summed E-state index contributed by atoms with van der Waals surface area (Å²) in [6.07, 6.45) is 17.2. The molecule has 4 aliphatic heterocycles. The average Bonchev–Trinajstić information content (AvgIpc) is 3.66. The topological polar surface area (TPSA) is 46.7 Å². The Balaban J connectivity index is 0.000000269. The number of hydrogen-bond acceptors (Lipinski definition) is 2. The van der Waals surface area contributed by atoms with Crippen molar-refractivity contribution >= 4 is 28.4 Å². The van der Waals surface area contributed by atoms with Crippen LogP contribution in [0.15, 0.2) is 12.1 Å². The number of fused-ring (bicyclic) bond motifs is 3. The second kappa shape index (κ2) is 20.2. The second-order valence-corrected chi connectivity index (χ2v) is 13.2. The van der Waals surface area contributed by atoms with Crippen LogP contribution in [0.2, 0.25) is 0 Å². The summed E-state index contributed by atoms with van der Waals surface area (Å²) in [5, 5.41) is 10.2. The van der Waals surface area contributed by atoms with Crippen molar-refractivity contribution in [1.29, 1.82) is 0 Å². The monoisotopic (exact) mass is 600 g/mol. The zero-order chi connectivity index (χ0) is 25.1. The van der Waals surface area contributed by atoms with Gasteiger partial charge in [0.1, 0.15) is 0 Å². The summed E-state index contributed by atoms with van der Waals surface area (Å²) < 4.78 is 9.64. The summed E-state index contributed by atoms with van der Waals surface area (Å²) in [4.78, 5) is 0. The van der Waals surface area contributed by atoms with Crippen LogP contribution < -0.4 is 0 Å². The van der Waals surface area contributed by atoms with Gasteiger partial charge in [-0.3, -0.25) is 0 Å². The number of ether oxygens (including phenoxy) is 2. The molecule has 0 amide bonds. The molecule has 7 heteroatoms. The fourth-order valence-electron chi connectivity index (χ4n) is 4.62. The maximum absolute atomic E-state index is 5.12. The predicted octanol–water partition coefficient (Wildman–Crippen LogP) is 10.0. The van der Waals surface area contributed by atoms with E-state index < -0.39 is 20.8 Å². The van der Waals surface area contributed by atoms with Gasteiger partial charge in [0.15, 0.2) is 0 Å². The summed E-state index contributed by atoms with van der Waals surface area (Å²) in [5.74, 6) is 0. The third-order valence-electron chi connectivity index (χ3n) is 6.62. The molecule has 1 aromatic carbocycles. The molecule has 0 bridgehead atoms. The molecule has 2 fully saturated rings. The second-order valence-electron chi connectivity index (χ2n) is 9.44. The molecule has 35 heavy (non-hydrogen) atoms. The van der Waals surface area contributed by atoms with Crippen molar-refractivity contribution in [1.82, 2.24) is 0 Å². The van der Waals surface area contributed by atoms with Crippen LogP contribution in [0.4, 0.5) is 11.4 Å². The summed E-state index contributed by atoms with van der Waals surface area (Å²) >= 11 is -0.826. The number of halogens is 2. The minimum atomic E-state index is -0.826. The molecule has 0 aromatic heterocycles. The molecule has 0 saturated carbocycles. The molecule has 0 spiro atoms. The van der Waals surface area contributed by atoms with Crippen LogP contribution in [0.25, 0.3) is 10.6 Å². The van der Waals surface area contributed by atoms with Crippen molar-refractivity contribution in [2.75, 3.05) is 13.2 Å². The molecule has 200 valence electrons. The molecule has 0 N–H and O–H groups in total. The number of benzene rings is 1. The van der Waals surface area contributed by atoms with Crippen molar-refractivity contribution < 1.29 is 30.3 Å². The van der Waals surface area contributed by atoms with Gasteiger partial charge in [0.05, 0.1) is 0 Å². The number of unbranched alkanes of at least 4 members (excludes halogenated alkanes) is 2. The van der Waals surface area contributed by atoms with Crippen LogP contribution in [-0.2, 0) is 43.2 Å². The van der Waals surface area contributed by atoms with E-state index in [2.05, 4.69) is 26.0 Å². The Labute approximate surface area is 233 Å². The number of hydrogen-bond donors (Lipinski definition) is 0. The molecule has 2 saturated heterocycles. The first kappa shape index (κ1) is 31.4. The van der Waals surface area contributed by atoms with Gasteiger partial charge in [-0.25, -0.2) is 13.2 Å². The van der Waals surface area contributed by atoms with Gasteiger partial charge in [-0.15, -0.1) is 12.1 Å². The molecule has 2 atom stereocenters. The number of nitrogens with zero attached hydrogens (tertiary/aromatic N) is 2. The Hall–Kier alpha value is 0.203. The molecule has 1 aromatic rings. The molecule has 4 heterocycles. The Morgan fingerprint density at radius 2 is 1.26 bits per heavy atom. The summed E-state index contributed by atoms with van der Waals surface area (Å²) in [6.45, 7) is 10.2. The van der Waals surface area contributed by atoms with E-state index in [1.807, 2.05) is 13.2 Å². The zero-order valence-corrected chi connectivity index (χ0v) is 25.7. The molecule has 4 aliphatic rings. The molecule has 2 unspecified atom stereocenters. The first-order valence-electron chi connectivity index (χ1n) is 13.6. The van der Waals surface area contributed by atoms with E-state index in [1.54, 1.807) is 0 Å². The van der Waals surface area contributed by atoms with Crippen molar-refractivity contribution in [2.45, 2.75) is 116 Å². The summed E-state index contributed by atoms with van der Waals surface area (Å²) in [6, 6.07) is 5.70. The molecule has 0 radical (unpaired) electrons. The van der Waals surface area contributed by atoms with Gasteiger partial charge >= 0.3 is 37.9 Å². The third kappa shape index (κ3) is 12.5. The Kier molecular flexibility index (Phi) is 18.1. The van der Waals surface area contributed by atoms with Crippen LogP contribution in [0, 0.1) is 13.2 Å². The van der Waals surface area contributed by atoms with Crippen molar-refractivity contribution in [3.8, 4) is 0 Å². The number of rotatable bonds is 6.